The molecule has 5 nitrogen and oxygen atoms in total. The maximum Gasteiger partial charge on any atom is 0.160 e. The Morgan fingerprint density at radius 1 is 1.09 bits per heavy atom. The van der Waals surface area contributed by atoms with Crippen LogP contribution in [0.4, 0.5) is 4.39 Å². The molecule has 0 fully saturated rings. The minimum Gasteiger partial charge on any atom is -0.493 e. The maximum atomic E-state index is 13.8. The largest absolute Gasteiger partial charge is 0.493 e. The fourth-order valence-electron chi connectivity index (χ4n) is 2.53. The number of nitrogens with zero attached hydrogens (tertiary/aromatic N) is 3. The van der Waals surface area contributed by atoms with Crippen molar-refractivity contribution >= 4 is 11.0 Å². The Kier molecular flexibility index (Phi) is 4.14. The second-order valence-electron chi connectivity index (χ2n) is 5.34. The minimum absolute atomic E-state index is 0.243. The molecule has 0 atom stereocenters. The third-order valence-corrected chi connectivity index (χ3v) is 3.85. The second kappa shape index (κ2) is 6.24. The van der Waals surface area contributed by atoms with Gasteiger partial charge in [0.15, 0.2) is 11.5 Å². The van der Waals surface area contributed by atoms with E-state index in [1.165, 1.54) is 6.07 Å². The highest BCUT2D eigenvalue weighted by molar-refractivity contribution is 5.75. The minimum atomic E-state index is -0.243. The first kappa shape index (κ1) is 15.3. The van der Waals surface area contributed by atoms with Crippen LogP contribution < -0.4 is 9.47 Å². The molecule has 6 heteroatoms. The quantitative estimate of drug-likeness (QED) is 0.726. The number of hydrogen-bond donors (Lipinski definition) is 0. The van der Waals surface area contributed by atoms with Gasteiger partial charge in [-0.25, -0.2) is 9.07 Å². The van der Waals surface area contributed by atoms with Crippen LogP contribution >= 0.6 is 0 Å². The molecule has 120 valence electrons. The normalized spacial score (nSPS) is 11.0. The first-order valence-electron chi connectivity index (χ1n) is 7.32. The standard InChI is InChI=1S/C17H18FN3O2/c1-11-8-14-15(10-13(11)18)21(20-19-14)7-6-12-4-5-16(22-2)17(9-12)23-3/h4-5,8-10H,6-7H2,1-3H3. The van der Waals surface area contributed by atoms with Crippen LogP contribution in [-0.4, -0.2) is 29.2 Å². The average molecular weight is 315 g/mol. The van der Waals surface area contributed by atoms with Crippen LogP contribution in [0.1, 0.15) is 11.1 Å². The number of benzene rings is 2. The first-order valence-corrected chi connectivity index (χ1v) is 7.32. The molecule has 0 saturated heterocycles. The fourth-order valence-corrected chi connectivity index (χ4v) is 2.53. The summed E-state index contributed by atoms with van der Waals surface area (Å²) in [5.74, 6) is 1.14. The van der Waals surface area contributed by atoms with Crippen LogP contribution in [0.25, 0.3) is 11.0 Å². The molecule has 2 aromatic carbocycles. The van der Waals surface area contributed by atoms with Gasteiger partial charge in [0.25, 0.3) is 0 Å². The van der Waals surface area contributed by atoms with Crippen molar-refractivity contribution in [2.75, 3.05) is 14.2 Å². The van der Waals surface area contributed by atoms with E-state index in [0.717, 1.165) is 12.0 Å². The van der Waals surface area contributed by atoms with E-state index in [9.17, 15) is 4.39 Å². The van der Waals surface area contributed by atoms with E-state index < -0.39 is 0 Å². The van der Waals surface area contributed by atoms with Crippen molar-refractivity contribution < 1.29 is 13.9 Å². The van der Waals surface area contributed by atoms with E-state index >= 15 is 0 Å². The van der Waals surface area contributed by atoms with E-state index in [0.29, 0.717) is 34.6 Å². The van der Waals surface area contributed by atoms with Gasteiger partial charge >= 0.3 is 0 Å². The zero-order valence-corrected chi connectivity index (χ0v) is 13.3. The van der Waals surface area contributed by atoms with Gasteiger partial charge in [0.2, 0.25) is 0 Å². The summed E-state index contributed by atoms with van der Waals surface area (Å²) in [6.07, 6.45) is 0.730. The molecule has 0 radical (unpaired) electrons. The first-order chi connectivity index (χ1) is 11.1. The number of aryl methyl sites for hydroxylation is 3. The average Bonchev–Trinajstić information content (AvgIpc) is 2.95. The molecule has 0 bridgehead atoms. The highest BCUT2D eigenvalue weighted by Crippen LogP contribution is 2.28. The summed E-state index contributed by atoms with van der Waals surface area (Å²) in [4.78, 5) is 0. The molecule has 1 heterocycles. The van der Waals surface area contributed by atoms with Gasteiger partial charge in [-0.3, -0.25) is 0 Å². The summed E-state index contributed by atoms with van der Waals surface area (Å²) in [7, 11) is 3.22. The summed E-state index contributed by atoms with van der Waals surface area (Å²) in [5, 5.41) is 8.21. The molecular weight excluding hydrogens is 297 g/mol. The van der Waals surface area contributed by atoms with Crippen molar-refractivity contribution in [1.29, 1.82) is 0 Å². The number of halogens is 1. The molecule has 0 spiro atoms. The third-order valence-electron chi connectivity index (χ3n) is 3.85. The molecule has 0 saturated carbocycles. The molecule has 23 heavy (non-hydrogen) atoms. The number of ether oxygens (including phenoxy) is 2. The van der Waals surface area contributed by atoms with Crippen LogP contribution in [0.15, 0.2) is 30.3 Å². The Labute approximate surface area is 133 Å². The van der Waals surface area contributed by atoms with Crippen molar-refractivity contribution in [1.82, 2.24) is 15.0 Å². The fraction of sp³-hybridized carbons (Fsp3) is 0.294. The second-order valence-corrected chi connectivity index (χ2v) is 5.34. The summed E-state index contributed by atoms with van der Waals surface area (Å²) in [6, 6.07) is 8.98. The lowest BCUT2D eigenvalue weighted by Gasteiger charge is -2.09. The topological polar surface area (TPSA) is 49.2 Å². The summed E-state index contributed by atoms with van der Waals surface area (Å²) in [5.41, 5.74) is 3.06. The molecule has 0 unspecified atom stereocenters. The molecule has 3 aromatic rings. The Hall–Kier alpha value is -2.63. The lowest BCUT2D eigenvalue weighted by molar-refractivity contribution is 0.354. The third kappa shape index (κ3) is 2.97. The van der Waals surface area contributed by atoms with Crippen LogP contribution in [-0.2, 0) is 13.0 Å². The van der Waals surface area contributed by atoms with Gasteiger partial charge in [-0.15, -0.1) is 5.10 Å². The van der Waals surface area contributed by atoms with Gasteiger partial charge in [-0.2, -0.15) is 0 Å². The number of methoxy groups -OCH3 is 2. The lowest BCUT2D eigenvalue weighted by Crippen LogP contribution is -2.04. The molecule has 1 aromatic heterocycles. The van der Waals surface area contributed by atoms with Crippen molar-refractivity contribution in [3.05, 3.63) is 47.3 Å². The predicted octanol–water partition coefficient (Wildman–Crippen LogP) is 3.14. The molecular formula is C17H18FN3O2. The SMILES string of the molecule is COc1ccc(CCn2nnc3cc(C)c(F)cc32)cc1OC. The van der Waals surface area contributed by atoms with Crippen LogP contribution in [0.2, 0.25) is 0 Å². The smallest absolute Gasteiger partial charge is 0.160 e. The van der Waals surface area contributed by atoms with Gasteiger partial charge < -0.3 is 9.47 Å². The van der Waals surface area contributed by atoms with Crippen molar-refractivity contribution in [2.24, 2.45) is 0 Å². The molecule has 0 aliphatic carbocycles. The zero-order valence-electron chi connectivity index (χ0n) is 13.3. The molecule has 0 aliphatic rings. The van der Waals surface area contributed by atoms with E-state index in [1.54, 1.807) is 31.9 Å². The van der Waals surface area contributed by atoms with Crippen molar-refractivity contribution in [3.8, 4) is 11.5 Å². The monoisotopic (exact) mass is 315 g/mol. The van der Waals surface area contributed by atoms with Crippen molar-refractivity contribution in [2.45, 2.75) is 19.9 Å². The van der Waals surface area contributed by atoms with Crippen LogP contribution in [0.5, 0.6) is 11.5 Å². The van der Waals surface area contributed by atoms with E-state index in [1.807, 2.05) is 18.2 Å². The number of fused-ring (bicyclic) bond motifs is 1. The molecule has 3 rings (SSSR count). The van der Waals surface area contributed by atoms with Gasteiger partial charge in [0, 0.05) is 12.6 Å². The van der Waals surface area contributed by atoms with E-state index in [-0.39, 0.29) is 5.82 Å². The Morgan fingerprint density at radius 3 is 2.61 bits per heavy atom. The number of rotatable bonds is 5. The number of aromatic nitrogens is 3. The van der Waals surface area contributed by atoms with Crippen LogP contribution in [0, 0.1) is 12.7 Å². The summed E-state index contributed by atoms with van der Waals surface area (Å²) >= 11 is 0. The van der Waals surface area contributed by atoms with Gasteiger partial charge in [-0.1, -0.05) is 11.3 Å². The Bertz CT molecular complexity index is 845. The van der Waals surface area contributed by atoms with Crippen molar-refractivity contribution in [3.63, 3.8) is 0 Å². The van der Waals surface area contributed by atoms with Gasteiger partial charge in [0.1, 0.15) is 11.3 Å². The summed E-state index contributed by atoms with van der Waals surface area (Å²) in [6.45, 7) is 2.33. The Morgan fingerprint density at radius 2 is 1.87 bits per heavy atom. The zero-order chi connectivity index (χ0) is 16.4. The Balaban J connectivity index is 1.82. The molecule has 0 N–H and O–H groups in total. The van der Waals surface area contributed by atoms with Gasteiger partial charge in [-0.05, 0) is 42.7 Å². The maximum absolute atomic E-state index is 13.8. The summed E-state index contributed by atoms with van der Waals surface area (Å²) < 4.78 is 26.0. The van der Waals surface area contributed by atoms with E-state index in [2.05, 4.69) is 10.3 Å². The lowest BCUT2D eigenvalue weighted by atomic mass is 10.1. The predicted molar refractivity (Wildman–Crippen MR) is 85.5 cm³/mol. The highest BCUT2D eigenvalue weighted by atomic mass is 19.1. The number of hydrogen-bond acceptors (Lipinski definition) is 4. The molecule has 0 aliphatic heterocycles. The van der Waals surface area contributed by atoms with Gasteiger partial charge in [0.05, 0.1) is 19.7 Å². The van der Waals surface area contributed by atoms with Crippen LogP contribution in [0.3, 0.4) is 0 Å². The highest BCUT2D eigenvalue weighted by Gasteiger charge is 2.09. The molecule has 0 amide bonds. The van der Waals surface area contributed by atoms with E-state index in [4.69, 9.17) is 9.47 Å².